The van der Waals surface area contributed by atoms with Crippen LogP contribution < -0.4 is 5.73 Å². The van der Waals surface area contributed by atoms with E-state index in [4.69, 9.17) is 5.73 Å². The second kappa shape index (κ2) is 5.60. The number of hydrogen-bond acceptors (Lipinski definition) is 3. The van der Waals surface area contributed by atoms with Crippen LogP contribution in [0.3, 0.4) is 0 Å². The summed E-state index contributed by atoms with van der Waals surface area (Å²) >= 11 is 0. The molecule has 18 heavy (non-hydrogen) atoms. The van der Waals surface area contributed by atoms with Gasteiger partial charge < -0.3 is 5.73 Å². The van der Waals surface area contributed by atoms with Crippen molar-refractivity contribution in [1.29, 1.82) is 0 Å². The van der Waals surface area contributed by atoms with Crippen LogP contribution in [0, 0.1) is 0 Å². The van der Waals surface area contributed by atoms with Crippen molar-refractivity contribution >= 4 is 5.78 Å². The molecule has 1 aromatic carbocycles. The summed E-state index contributed by atoms with van der Waals surface area (Å²) in [5, 5.41) is 4.02. The Morgan fingerprint density at radius 1 is 1.39 bits per heavy atom. The van der Waals surface area contributed by atoms with Gasteiger partial charge in [0.2, 0.25) is 0 Å². The van der Waals surface area contributed by atoms with Crippen molar-refractivity contribution in [3.63, 3.8) is 0 Å². The van der Waals surface area contributed by atoms with Gasteiger partial charge in [-0.05, 0) is 12.0 Å². The Hall–Kier alpha value is -1.94. The maximum Gasteiger partial charge on any atom is 0.154 e. The molecule has 2 N–H and O–H groups in total. The third-order valence-electron chi connectivity index (χ3n) is 2.93. The number of Topliss-reactive ketones (excluding diaryl/α,β-unsaturated/α-hetero) is 1. The van der Waals surface area contributed by atoms with E-state index in [-0.39, 0.29) is 5.78 Å². The lowest BCUT2D eigenvalue weighted by Crippen LogP contribution is -2.21. The van der Waals surface area contributed by atoms with Gasteiger partial charge in [0, 0.05) is 25.2 Å². The number of benzene rings is 1. The molecule has 4 nitrogen and oxygen atoms in total. The van der Waals surface area contributed by atoms with Gasteiger partial charge in [-0.2, -0.15) is 5.10 Å². The zero-order valence-corrected chi connectivity index (χ0v) is 10.4. The van der Waals surface area contributed by atoms with E-state index in [1.54, 1.807) is 17.1 Å². The summed E-state index contributed by atoms with van der Waals surface area (Å²) in [6, 6.07) is 9.38. The summed E-state index contributed by atoms with van der Waals surface area (Å²) in [7, 11) is 1.81. The molecule has 1 aromatic heterocycles. The minimum atomic E-state index is -0.567. The third-order valence-corrected chi connectivity index (χ3v) is 2.93. The number of rotatable bonds is 5. The summed E-state index contributed by atoms with van der Waals surface area (Å²) in [5.74, 6) is 0.0480. The molecule has 1 unspecified atom stereocenters. The number of hydrogen-bond donors (Lipinski definition) is 1. The zero-order chi connectivity index (χ0) is 13.0. The summed E-state index contributed by atoms with van der Waals surface area (Å²) in [5.41, 5.74) is 7.84. The predicted octanol–water partition coefficient (Wildman–Crippen LogP) is 1.62. The van der Waals surface area contributed by atoms with Gasteiger partial charge in [0.05, 0.1) is 12.2 Å². The van der Waals surface area contributed by atoms with Crippen molar-refractivity contribution in [3.05, 3.63) is 53.9 Å². The molecule has 0 radical (unpaired) electrons. The van der Waals surface area contributed by atoms with Gasteiger partial charge in [-0.25, -0.2) is 0 Å². The Morgan fingerprint density at radius 2 is 2.11 bits per heavy atom. The minimum absolute atomic E-state index is 0.0480. The molecule has 4 heteroatoms. The highest BCUT2D eigenvalue weighted by Crippen LogP contribution is 2.13. The molecule has 0 spiro atoms. The van der Waals surface area contributed by atoms with Gasteiger partial charge in [0.1, 0.15) is 0 Å². The van der Waals surface area contributed by atoms with Crippen LogP contribution in [0.25, 0.3) is 0 Å². The number of aromatic nitrogens is 2. The van der Waals surface area contributed by atoms with Crippen molar-refractivity contribution in [3.8, 4) is 0 Å². The van der Waals surface area contributed by atoms with Crippen LogP contribution in [0.15, 0.2) is 42.7 Å². The summed E-state index contributed by atoms with van der Waals surface area (Å²) in [4.78, 5) is 12.0. The maximum atomic E-state index is 12.0. The zero-order valence-electron chi connectivity index (χ0n) is 10.4. The first-order valence-electron chi connectivity index (χ1n) is 5.97. The Balaban J connectivity index is 1.92. The Bertz CT molecular complexity index is 519. The van der Waals surface area contributed by atoms with Gasteiger partial charge in [-0.15, -0.1) is 0 Å². The van der Waals surface area contributed by atoms with Crippen molar-refractivity contribution in [1.82, 2.24) is 9.78 Å². The van der Waals surface area contributed by atoms with Crippen LogP contribution in [0.5, 0.6) is 0 Å². The van der Waals surface area contributed by atoms with Crippen LogP contribution in [-0.4, -0.2) is 15.6 Å². The van der Waals surface area contributed by atoms with Gasteiger partial charge in [-0.3, -0.25) is 9.48 Å². The topological polar surface area (TPSA) is 60.9 Å². The highest BCUT2D eigenvalue weighted by Gasteiger charge is 2.16. The van der Waals surface area contributed by atoms with Crippen molar-refractivity contribution in [2.75, 3.05) is 0 Å². The molecule has 94 valence electrons. The fourth-order valence-electron chi connectivity index (χ4n) is 1.85. The van der Waals surface area contributed by atoms with Crippen molar-refractivity contribution in [2.45, 2.75) is 18.9 Å². The molecule has 1 heterocycles. The molecule has 0 aliphatic heterocycles. The van der Waals surface area contributed by atoms with Crippen LogP contribution in [0.1, 0.15) is 23.6 Å². The molecule has 0 saturated carbocycles. The number of carbonyl (C=O) groups excluding carboxylic acids is 1. The normalized spacial score (nSPS) is 12.3. The van der Waals surface area contributed by atoms with E-state index in [1.165, 1.54) is 0 Å². The third kappa shape index (κ3) is 3.05. The number of ketones is 1. The molecule has 0 bridgehead atoms. The van der Waals surface area contributed by atoms with Crippen LogP contribution in [0.4, 0.5) is 0 Å². The lowest BCUT2D eigenvalue weighted by atomic mass is 10.0. The second-order valence-electron chi connectivity index (χ2n) is 4.38. The highest BCUT2D eigenvalue weighted by atomic mass is 16.1. The summed E-state index contributed by atoms with van der Waals surface area (Å²) in [6.45, 7) is 0. The van der Waals surface area contributed by atoms with Gasteiger partial charge in [-0.1, -0.05) is 30.3 Å². The summed E-state index contributed by atoms with van der Waals surface area (Å²) in [6.07, 6.45) is 4.61. The molecule has 2 aromatic rings. The maximum absolute atomic E-state index is 12.0. The molecular formula is C14H17N3O. The average molecular weight is 243 g/mol. The quantitative estimate of drug-likeness (QED) is 0.868. The second-order valence-corrected chi connectivity index (χ2v) is 4.38. The molecular weight excluding hydrogens is 226 g/mol. The molecule has 0 aliphatic rings. The first-order valence-corrected chi connectivity index (χ1v) is 5.97. The molecule has 0 aliphatic carbocycles. The van der Waals surface area contributed by atoms with Crippen molar-refractivity contribution < 1.29 is 4.79 Å². The van der Waals surface area contributed by atoms with Crippen LogP contribution in [0.2, 0.25) is 0 Å². The predicted molar refractivity (Wildman–Crippen MR) is 69.9 cm³/mol. The van der Waals surface area contributed by atoms with E-state index in [2.05, 4.69) is 5.10 Å². The number of nitrogens with two attached hydrogens (primary N) is 1. The first kappa shape index (κ1) is 12.5. The Morgan fingerprint density at radius 3 is 2.72 bits per heavy atom. The molecule has 1 atom stereocenters. The van der Waals surface area contributed by atoms with E-state index in [0.717, 1.165) is 17.5 Å². The SMILES string of the molecule is Cn1cc(C(N)C(=O)CCc2ccccc2)cn1. The lowest BCUT2D eigenvalue weighted by molar-refractivity contribution is -0.120. The largest absolute Gasteiger partial charge is 0.318 e. The fourth-order valence-corrected chi connectivity index (χ4v) is 1.85. The number of nitrogens with zero attached hydrogens (tertiary/aromatic N) is 2. The lowest BCUT2D eigenvalue weighted by Gasteiger charge is -2.08. The van der Waals surface area contributed by atoms with E-state index < -0.39 is 6.04 Å². The van der Waals surface area contributed by atoms with Crippen LogP contribution >= 0.6 is 0 Å². The molecule has 0 amide bonds. The van der Waals surface area contributed by atoms with E-state index >= 15 is 0 Å². The molecule has 0 fully saturated rings. The van der Waals surface area contributed by atoms with Gasteiger partial charge in [0.25, 0.3) is 0 Å². The monoisotopic (exact) mass is 243 g/mol. The molecule has 2 rings (SSSR count). The Kier molecular flexibility index (Phi) is 3.89. The van der Waals surface area contributed by atoms with Gasteiger partial charge >= 0.3 is 0 Å². The van der Waals surface area contributed by atoms with Crippen LogP contribution in [-0.2, 0) is 18.3 Å². The average Bonchev–Trinajstić information content (AvgIpc) is 2.83. The first-order chi connectivity index (χ1) is 8.66. The van der Waals surface area contributed by atoms with E-state index in [9.17, 15) is 4.79 Å². The minimum Gasteiger partial charge on any atom is -0.318 e. The van der Waals surface area contributed by atoms with Gasteiger partial charge in [0.15, 0.2) is 5.78 Å². The number of carbonyl (C=O) groups is 1. The number of aryl methyl sites for hydroxylation is 2. The van der Waals surface area contributed by atoms with Crippen molar-refractivity contribution in [2.24, 2.45) is 12.8 Å². The molecule has 0 saturated heterocycles. The smallest absolute Gasteiger partial charge is 0.154 e. The summed E-state index contributed by atoms with van der Waals surface area (Å²) < 4.78 is 1.65. The standard InChI is InChI=1S/C14H17N3O/c1-17-10-12(9-16-17)14(15)13(18)8-7-11-5-3-2-4-6-11/h2-6,9-10,14H,7-8,15H2,1H3. The highest BCUT2D eigenvalue weighted by molar-refractivity contribution is 5.85. The van der Waals surface area contributed by atoms with E-state index in [0.29, 0.717) is 6.42 Å². The fraction of sp³-hybridized carbons (Fsp3) is 0.286. The van der Waals surface area contributed by atoms with E-state index in [1.807, 2.05) is 37.4 Å². The Labute approximate surface area is 106 Å².